The number of rotatable bonds is 4. The second-order valence-electron chi connectivity index (χ2n) is 4.38. The Labute approximate surface area is 142 Å². The van der Waals surface area contributed by atoms with Crippen molar-refractivity contribution in [3.05, 3.63) is 56.5 Å². The Balaban J connectivity index is 2.20. The normalized spacial score (nSPS) is 12.2. The summed E-state index contributed by atoms with van der Waals surface area (Å²) in [4.78, 5) is 1.25. The average Bonchev–Trinajstić information content (AvgIpc) is 2.42. The summed E-state index contributed by atoms with van der Waals surface area (Å²) in [7, 11) is 0. The molecule has 5 heteroatoms. The minimum atomic E-state index is 0.127. The first kappa shape index (κ1) is 16.0. The zero-order chi connectivity index (χ0) is 14.7. The topological polar surface area (TPSA) is 12.0 Å². The van der Waals surface area contributed by atoms with E-state index >= 15 is 0 Å². The third-order valence-corrected chi connectivity index (χ3v) is 4.78. The summed E-state index contributed by atoms with van der Waals surface area (Å²) < 4.78 is 0.870. The van der Waals surface area contributed by atoms with E-state index in [0.717, 1.165) is 10.2 Å². The van der Waals surface area contributed by atoms with E-state index in [2.05, 4.69) is 58.7 Å². The number of hydrogen-bond acceptors (Lipinski definition) is 2. The summed E-state index contributed by atoms with van der Waals surface area (Å²) in [6.07, 6.45) is 2.07. The van der Waals surface area contributed by atoms with Crippen molar-refractivity contribution >= 4 is 56.6 Å². The van der Waals surface area contributed by atoms with Crippen molar-refractivity contribution < 1.29 is 0 Å². The molecular formula is C15H14BrCl2NS. The number of benzene rings is 2. The number of hydrogen-bond donors (Lipinski definition) is 1. The lowest BCUT2D eigenvalue weighted by Crippen LogP contribution is -2.07. The first-order valence-corrected chi connectivity index (χ1v) is 8.83. The number of anilines is 1. The second-order valence-corrected chi connectivity index (χ2v) is 6.99. The third kappa shape index (κ3) is 3.85. The molecule has 0 heterocycles. The van der Waals surface area contributed by atoms with Gasteiger partial charge in [0.15, 0.2) is 0 Å². The largest absolute Gasteiger partial charge is 0.376 e. The Morgan fingerprint density at radius 2 is 1.65 bits per heavy atom. The van der Waals surface area contributed by atoms with E-state index < -0.39 is 0 Å². The molecule has 2 aromatic rings. The van der Waals surface area contributed by atoms with Crippen LogP contribution in [0.2, 0.25) is 10.0 Å². The average molecular weight is 391 g/mol. The van der Waals surface area contributed by atoms with Crippen molar-refractivity contribution in [2.24, 2.45) is 0 Å². The SMILES string of the molecule is CSc1ccc(C(C)Nc2c(Cl)cc(Br)cc2Cl)cc1. The first-order chi connectivity index (χ1) is 9.51. The van der Waals surface area contributed by atoms with E-state index in [4.69, 9.17) is 23.2 Å². The summed E-state index contributed by atoms with van der Waals surface area (Å²) in [6.45, 7) is 2.09. The molecule has 2 aromatic carbocycles. The predicted molar refractivity (Wildman–Crippen MR) is 94.4 cm³/mol. The van der Waals surface area contributed by atoms with Gasteiger partial charge in [-0.2, -0.15) is 0 Å². The van der Waals surface area contributed by atoms with Crippen molar-refractivity contribution in [1.82, 2.24) is 0 Å². The van der Waals surface area contributed by atoms with Gasteiger partial charge in [0.1, 0.15) is 0 Å². The van der Waals surface area contributed by atoms with Crippen LogP contribution in [-0.2, 0) is 0 Å². The molecule has 2 rings (SSSR count). The fraction of sp³-hybridized carbons (Fsp3) is 0.200. The summed E-state index contributed by atoms with van der Waals surface area (Å²) in [6, 6.07) is 12.3. The molecule has 0 spiro atoms. The predicted octanol–water partition coefficient (Wildman–Crippen LogP) is 6.65. The minimum Gasteiger partial charge on any atom is -0.376 e. The molecule has 0 aromatic heterocycles. The van der Waals surface area contributed by atoms with Gasteiger partial charge in [-0.1, -0.05) is 51.3 Å². The van der Waals surface area contributed by atoms with E-state index in [9.17, 15) is 0 Å². The van der Waals surface area contributed by atoms with Crippen molar-refractivity contribution in [3.8, 4) is 0 Å². The van der Waals surface area contributed by atoms with Crippen molar-refractivity contribution in [3.63, 3.8) is 0 Å². The molecular weight excluding hydrogens is 377 g/mol. The van der Waals surface area contributed by atoms with Crippen LogP contribution in [0.5, 0.6) is 0 Å². The summed E-state index contributed by atoms with van der Waals surface area (Å²) in [5.74, 6) is 0. The van der Waals surface area contributed by atoms with Crippen molar-refractivity contribution in [2.75, 3.05) is 11.6 Å². The number of thioether (sulfide) groups is 1. The lowest BCUT2D eigenvalue weighted by atomic mass is 10.1. The molecule has 0 amide bonds. The second kappa shape index (κ2) is 7.08. The lowest BCUT2D eigenvalue weighted by molar-refractivity contribution is 0.883. The highest BCUT2D eigenvalue weighted by Gasteiger charge is 2.12. The molecule has 1 nitrogen and oxygen atoms in total. The molecule has 20 heavy (non-hydrogen) atoms. The van der Waals surface area contributed by atoms with Crippen LogP contribution >= 0.6 is 50.9 Å². The van der Waals surface area contributed by atoms with Crippen molar-refractivity contribution in [1.29, 1.82) is 0 Å². The van der Waals surface area contributed by atoms with Crippen LogP contribution in [0.15, 0.2) is 45.8 Å². The zero-order valence-electron chi connectivity index (χ0n) is 11.1. The molecule has 0 fully saturated rings. The van der Waals surface area contributed by atoms with Crippen LogP contribution in [0.3, 0.4) is 0 Å². The zero-order valence-corrected chi connectivity index (χ0v) is 15.0. The van der Waals surface area contributed by atoms with Gasteiger partial charge in [0, 0.05) is 15.4 Å². The van der Waals surface area contributed by atoms with E-state index in [1.807, 2.05) is 12.1 Å². The van der Waals surface area contributed by atoms with Gasteiger partial charge in [0.2, 0.25) is 0 Å². The molecule has 0 radical (unpaired) electrons. The molecule has 106 valence electrons. The third-order valence-electron chi connectivity index (χ3n) is 2.98. The fourth-order valence-corrected chi connectivity index (χ4v) is 3.60. The monoisotopic (exact) mass is 389 g/mol. The van der Waals surface area contributed by atoms with E-state index in [1.54, 1.807) is 11.8 Å². The number of nitrogens with one attached hydrogen (secondary N) is 1. The standard InChI is InChI=1S/C15H14BrCl2NS/c1-9(10-3-5-12(20-2)6-4-10)19-15-13(17)7-11(16)8-14(15)18/h3-9,19H,1-2H3. The van der Waals surface area contributed by atoms with Gasteiger partial charge in [-0.25, -0.2) is 0 Å². The van der Waals surface area contributed by atoms with E-state index in [0.29, 0.717) is 10.0 Å². The molecule has 0 saturated heterocycles. The van der Waals surface area contributed by atoms with Crippen LogP contribution in [0.1, 0.15) is 18.5 Å². The first-order valence-electron chi connectivity index (χ1n) is 6.06. The molecule has 0 aliphatic rings. The summed E-state index contributed by atoms with van der Waals surface area (Å²) >= 11 is 17.6. The smallest absolute Gasteiger partial charge is 0.0724 e. The van der Waals surface area contributed by atoms with Crippen LogP contribution in [0.25, 0.3) is 0 Å². The maximum absolute atomic E-state index is 6.23. The Bertz CT molecular complexity index is 578. The van der Waals surface area contributed by atoms with Gasteiger partial charge in [0.25, 0.3) is 0 Å². The summed E-state index contributed by atoms with van der Waals surface area (Å²) in [5, 5.41) is 4.58. The minimum absolute atomic E-state index is 0.127. The Morgan fingerprint density at radius 1 is 1.10 bits per heavy atom. The van der Waals surface area contributed by atoms with Crippen LogP contribution < -0.4 is 5.32 Å². The Hall–Kier alpha value is -0.350. The molecule has 0 saturated carbocycles. The van der Waals surface area contributed by atoms with Gasteiger partial charge in [-0.05, 0) is 43.0 Å². The van der Waals surface area contributed by atoms with Crippen LogP contribution in [-0.4, -0.2) is 6.26 Å². The van der Waals surface area contributed by atoms with Crippen LogP contribution in [0, 0.1) is 0 Å². The van der Waals surface area contributed by atoms with Gasteiger partial charge in [-0.15, -0.1) is 11.8 Å². The lowest BCUT2D eigenvalue weighted by Gasteiger charge is -2.18. The van der Waals surface area contributed by atoms with Crippen LogP contribution in [0.4, 0.5) is 5.69 Å². The molecule has 0 aliphatic carbocycles. The van der Waals surface area contributed by atoms with E-state index in [1.165, 1.54) is 10.5 Å². The molecule has 1 N–H and O–H groups in total. The van der Waals surface area contributed by atoms with Gasteiger partial charge < -0.3 is 5.32 Å². The summed E-state index contributed by atoms with van der Waals surface area (Å²) in [5.41, 5.74) is 1.95. The molecule has 1 atom stereocenters. The van der Waals surface area contributed by atoms with Gasteiger partial charge in [-0.3, -0.25) is 0 Å². The van der Waals surface area contributed by atoms with E-state index in [-0.39, 0.29) is 6.04 Å². The highest BCUT2D eigenvalue weighted by atomic mass is 79.9. The maximum Gasteiger partial charge on any atom is 0.0724 e. The Kier molecular flexibility index (Phi) is 5.67. The van der Waals surface area contributed by atoms with Gasteiger partial charge in [0.05, 0.1) is 15.7 Å². The maximum atomic E-state index is 6.23. The Morgan fingerprint density at radius 3 is 2.15 bits per heavy atom. The van der Waals surface area contributed by atoms with Crippen molar-refractivity contribution in [2.45, 2.75) is 17.9 Å². The molecule has 1 unspecified atom stereocenters. The fourth-order valence-electron chi connectivity index (χ4n) is 1.87. The molecule has 0 aliphatic heterocycles. The number of halogens is 3. The van der Waals surface area contributed by atoms with Gasteiger partial charge >= 0.3 is 0 Å². The quantitative estimate of drug-likeness (QED) is 0.586. The molecule has 0 bridgehead atoms. The highest BCUT2D eigenvalue weighted by molar-refractivity contribution is 9.10. The highest BCUT2D eigenvalue weighted by Crippen LogP contribution is 2.36.